The first kappa shape index (κ1) is 10.8. The van der Waals surface area contributed by atoms with Gasteiger partial charge in [-0.15, -0.1) is 0 Å². The molecule has 1 aromatic heterocycles. The summed E-state index contributed by atoms with van der Waals surface area (Å²) < 4.78 is 0.911. The number of rotatable bonds is 1. The van der Waals surface area contributed by atoms with Gasteiger partial charge in [-0.2, -0.15) is 0 Å². The third kappa shape index (κ3) is 1.99. The second-order valence-electron chi connectivity index (χ2n) is 3.70. The number of hydrogen-bond acceptors (Lipinski definition) is 2. The SMILES string of the molecule is CC(C)c1ncnc2c(Br)cc(Cl)cc12. The van der Waals surface area contributed by atoms with Crippen molar-refractivity contribution in [2.24, 2.45) is 0 Å². The van der Waals surface area contributed by atoms with E-state index in [1.807, 2.05) is 12.1 Å². The van der Waals surface area contributed by atoms with E-state index in [9.17, 15) is 0 Å². The van der Waals surface area contributed by atoms with E-state index in [1.54, 1.807) is 6.33 Å². The monoisotopic (exact) mass is 284 g/mol. The van der Waals surface area contributed by atoms with Crippen molar-refractivity contribution in [1.29, 1.82) is 0 Å². The average Bonchev–Trinajstić information content (AvgIpc) is 2.16. The van der Waals surface area contributed by atoms with Gasteiger partial charge in [0.15, 0.2) is 0 Å². The second kappa shape index (κ2) is 4.06. The molecule has 0 amide bonds. The van der Waals surface area contributed by atoms with Crippen LogP contribution in [0.3, 0.4) is 0 Å². The molecule has 78 valence electrons. The zero-order valence-electron chi connectivity index (χ0n) is 8.46. The standard InChI is InChI=1S/C11H10BrClN2/c1-6(2)10-8-3-7(13)4-9(12)11(8)15-5-14-10/h3-6H,1-2H3. The summed E-state index contributed by atoms with van der Waals surface area (Å²) in [7, 11) is 0. The van der Waals surface area contributed by atoms with Crippen LogP contribution in [0.4, 0.5) is 0 Å². The normalized spacial score (nSPS) is 11.3. The molecule has 0 unspecified atom stereocenters. The van der Waals surface area contributed by atoms with E-state index in [2.05, 4.69) is 39.7 Å². The molecule has 0 spiro atoms. The fourth-order valence-corrected chi connectivity index (χ4v) is 2.48. The van der Waals surface area contributed by atoms with E-state index < -0.39 is 0 Å². The van der Waals surface area contributed by atoms with Crippen molar-refractivity contribution in [3.8, 4) is 0 Å². The lowest BCUT2D eigenvalue weighted by Gasteiger charge is -2.09. The van der Waals surface area contributed by atoms with Gasteiger partial charge in [0.25, 0.3) is 0 Å². The van der Waals surface area contributed by atoms with Gasteiger partial charge in [-0.25, -0.2) is 9.97 Å². The lowest BCUT2D eigenvalue weighted by molar-refractivity contribution is 0.828. The third-order valence-electron chi connectivity index (χ3n) is 2.23. The maximum Gasteiger partial charge on any atom is 0.116 e. The Morgan fingerprint density at radius 2 is 2.00 bits per heavy atom. The molecule has 2 aromatic rings. The van der Waals surface area contributed by atoms with Gasteiger partial charge in [-0.05, 0) is 34.0 Å². The van der Waals surface area contributed by atoms with Gasteiger partial charge in [0.05, 0.1) is 11.2 Å². The Labute approximate surface area is 102 Å². The summed E-state index contributed by atoms with van der Waals surface area (Å²) >= 11 is 9.47. The summed E-state index contributed by atoms with van der Waals surface area (Å²) in [4.78, 5) is 8.55. The Morgan fingerprint density at radius 3 is 2.67 bits per heavy atom. The highest BCUT2D eigenvalue weighted by molar-refractivity contribution is 9.10. The lowest BCUT2D eigenvalue weighted by atomic mass is 10.1. The molecule has 2 rings (SSSR count). The summed E-state index contributed by atoms with van der Waals surface area (Å²) in [5, 5.41) is 1.72. The van der Waals surface area contributed by atoms with Gasteiger partial charge in [-0.1, -0.05) is 25.4 Å². The van der Waals surface area contributed by atoms with Crippen LogP contribution in [0.2, 0.25) is 5.02 Å². The Balaban J connectivity index is 2.85. The maximum atomic E-state index is 6.02. The van der Waals surface area contributed by atoms with Crippen LogP contribution in [0.15, 0.2) is 22.9 Å². The number of nitrogens with zero attached hydrogens (tertiary/aromatic N) is 2. The Hall–Kier alpha value is -0.670. The molecule has 1 aromatic carbocycles. The molecule has 15 heavy (non-hydrogen) atoms. The zero-order valence-corrected chi connectivity index (χ0v) is 10.8. The third-order valence-corrected chi connectivity index (χ3v) is 3.06. The summed E-state index contributed by atoms with van der Waals surface area (Å²) in [6.45, 7) is 4.22. The summed E-state index contributed by atoms with van der Waals surface area (Å²) in [5.74, 6) is 0.362. The van der Waals surface area contributed by atoms with Gasteiger partial charge < -0.3 is 0 Å². The van der Waals surface area contributed by atoms with Crippen LogP contribution in [0.25, 0.3) is 10.9 Å². The van der Waals surface area contributed by atoms with Gasteiger partial charge in [0.2, 0.25) is 0 Å². The number of aromatic nitrogens is 2. The van der Waals surface area contributed by atoms with Crippen LogP contribution in [-0.4, -0.2) is 9.97 Å². The molecular weight excluding hydrogens is 275 g/mol. The highest BCUT2D eigenvalue weighted by Crippen LogP contribution is 2.30. The second-order valence-corrected chi connectivity index (χ2v) is 4.99. The number of hydrogen-bond donors (Lipinski definition) is 0. The Bertz CT molecular complexity index is 511. The van der Waals surface area contributed by atoms with Gasteiger partial charge in [-0.3, -0.25) is 0 Å². The number of benzene rings is 1. The van der Waals surface area contributed by atoms with Gasteiger partial charge in [0, 0.05) is 14.9 Å². The van der Waals surface area contributed by atoms with Crippen LogP contribution in [-0.2, 0) is 0 Å². The van der Waals surface area contributed by atoms with Crippen LogP contribution < -0.4 is 0 Å². The van der Waals surface area contributed by atoms with Crippen LogP contribution in [0, 0.1) is 0 Å². The first-order chi connectivity index (χ1) is 7.09. The Kier molecular flexibility index (Phi) is 2.94. The molecule has 0 aliphatic carbocycles. The summed E-state index contributed by atoms with van der Waals surface area (Å²) in [6.07, 6.45) is 1.59. The van der Waals surface area contributed by atoms with Crippen molar-refractivity contribution in [2.75, 3.05) is 0 Å². The topological polar surface area (TPSA) is 25.8 Å². The van der Waals surface area contributed by atoms with E-state index in [1.165, 1.54) is 0 Å². The molecule has 0 fully saturated rings. The zero-order chi connectivity index (χ0) is 11.0. The summed E-state index contributed by atoms with van der Waals surface area (Å²) in [5.41, 5.74) is 1.95. The molecule has 2 nitrogen and oxygen atoms in total. The minimum absolute atomic E-state index is 0.362. The van der Waals surface area contributed by atoms with Crippen LogP contribution in [0.5, 0.6) is 0 Å². The van der Waals surface area contributed by atoms with Crippen LogP contribution >= 0.6 is 27.5 Å². The fraction of sp³-hybridized carbons (Fsp3) is 0.273. The van der Waals surface area contributed by atoms with E-state index in [-0.39, 0.29) is 0 Å². The molecule has 1 heterocycles. The van der Waals surface area contributed by atoms with Crippen LogP contribution in [0.1, 0.15) is 25.5 Å². The van der Waals surface area contributed by atoms with Gasteiger partial charge in [0.1, 0.15) is 6.33 Å². The average molecular weight is 286 g/mol. The summed E-state index contributed by atoms with van der Waals surface area (Å²) in [6, 6.07) is 3.76. The molecule has 4 heteroatoms. The molecule has 0 bridgehead atoms. The molecule has 0 aliphatic rings. The van der Waals surface area contributed by atoms with Crippen molar-refractivity contribution in [3.05, 3.63) is 33.6 Å². The van der Waals surface area contributed by atoms with E-state index in [0.717, 1.165) is 21.1 Å². The first-order valence-electron chi connectivity index (χ1n) is 4.69. The largest absolute Gasteiger partial charge is 0.240 e. The Morgan fingerprint density at radius 1 is 1.27 bits per heavy atom. The maximum absolute atomic E-state index is 6.02. The van der Waals surface area contributed by atoms with Crippen molar-refractivity contribution >= 4 is 38.4 Å². The lowest BCUT2D eigenvalue weighted by Crippen LogP contribution is -1.96. The van der Waals surface area contributed by atoms with Crippen molar-refractivity contribution < 1.29 is 0 Å². The van der Waals surface area contributed by atoms with E-state index in [4.69, 9.17) is 11.6 Å². The predicted molar refractivity (Wildman–Crippen MR) is 66.3 cm³/mol. The highest BCUT2D eigenvalue weighted by atomic mass is 79.9. The minimum atomic E-state index is 0.362. The van der Waals surface area contributed by atoms with Crippen molar-refractivity contribution in [2.45, 2.75) is 19.8 Å². The molecule has 0 atom stereocenters. The molecule has 0 saturated carbocycles. The van der Waals surface area contributed by atoms with E-state index in [0.29, 0.717) is 10.9 Å². The highest BCUT2D eigenvalue weighted by Gasteiger charge is 2.10. The van der Waals surface area contributed by atoms with E-state index >= 15 is 0 Å². The molecule has 0 saturated heterocycles. The molecule has 0 radical (unpaired) electrons. The smallest absolute Gasteiger partial charge is 0.116 e. The van der Waals surface area contributed by atoms with Crippen molar-refractivity contribution in [3.63, 3.8) is 0 Å². The van der Waals surface area contributed by atoms with Gasteiger partial charge >= 0.3 is 0 Å². The fourth-order valence-electron chi connectivity index (χ4n) is 1.57. The quantitative estimate of drug-likeness (QED) is 0.786. The van der Waals surface area contributed by atoms with Crippen molar-refractivity contribution in [1.82, 2.24) is 9.97 Å². The predicted octanol–water partition coefficient (Wildman–Crippen LogP) is 4.17. The minimum Gasteiger partial charge on any atom is -0.240 e. The molecule has 0 N–H and O–H groups in total. The number of fused-ring (bicyclic) bond motifs is 1. The molecular formula is C11H10BrClN2. The number of halogens is 2. The first-order valence-corrected chi connectivity index (χ1v) is 5.86. The molecule has 0 aliphatic heterocycles.